The molecule has 0 N–H and O–H groups in total. The van der Waals surface area contributed by atoms with Gasteiger partial charge in [0.15, 0.2) is 0 Å². The van der Waals surface area contributed by atoms with Crippen molar-refractivity contribution in [3.63, 3.8) is 0 Å². The van der Waals surface area contributed by atoms with Crippen LogP contribution in [0.3, 0.4) is 0 Å². The fourth-order valence-electron chi connectivity index (χ4n) is 2.63. The van der Waals surface area contributed by atoms with Gasteiger partial charge in [0.2, 0.25) is 0 Å². The van der Waals surface area contributed by atoms with Crippen molar-refractivity contribution in [2.45, 2.75) is 6.61 Å². The molecule has 0 spiro atoms. The van der Waals surface area contributed by atoms with E-state index in [0.717, 1.165) is 17.0 Å². The third kappa shape index (κ3) is 4.39. The number of benzene rings is 3. The molecule has 3 aromatic carbocycles. The smallest absolute Gasteiger partial charge is 0.258 e. The molecule has 3 heteroatoms. The van der Waals surface area contributed by atoms with E-state index in [1.165, 1.54) is 0 Å². The maximum Gasteiger partial charge on any atom is 0.258 e. The highest BCUT2D eigenvalue weighted by Gasteiger charge is 2.16. The molecule has 0 radical (unpaired) electrons. The van der Waals surface area contributed by atoms with Crippen LogP contribution in [0.4, 0.5) is 5.69 Å². The van der Waals surface area contributed by atoms with Crippen molar-refractivity contribution >= 4 is 11.6 Å². The summed E-state index contributed by atoms with van der Waals surface area (Å²) in [5, 5.41) is 0. The fourth-order valence-corrected chi connectivity index (χ4v) is 2.63. The molecule has 3 rings (SSSR count). The number of amides is 1. The summed E-state index contributed by atoms with van der Waals surface area (Å²) in [6.07, 6.45) is 1.73. The van der Waals surface area contributed by atoms with E-state index >= 15 is 0 Å². The van der Waals surface area contributed by atoms with Crippen molar-refractivity contribution < 1.29 is 9.53 Å². The average Bonchev–Trinajstić information content (AvgIpc) is 2.72. The summed E-state index contributed by atoms with van der Waals surface area (Å²) >= 11 is 0. The molecule has 0 aromatic heterocycles. The minimum absolute atomic E-state index is 0.0494. The van der Waals surface area contributed by atoms with Gasteiger partial charge in [-0.3, -0.25) is 4.79 Å². The van der Waals surface area contributed by atoms with E-state index in [1.807, 2.05) is 84.9 Å². The van der Waals surface area contributed by atoms with Gasteiger partial charge in [-0.1, -0.05) is 54.6 Å². The molecule has 0 unspecified atom stereocenters. The van der Waals surface area contributed by atoms with E-state index in [1.54, 1.807) is 11.0 Å². The number of hydrogen-bond donors (Lipinski definition) is 0. The lowest BCUT2D eigenvalue weighted by molar-refractivity contribution is 0.0989. The molecule has 3 aromatic rings. The predicted octanol–water partition coefficient (Wildman–Crippen LogP) is 5.10. The highest BCUT2D eigenvalue weighted by molar-refractivity contribution is 6.06. The summed E-state index contributed by atoms with van der Waals surface area (Å²) < 4.78 is 5.74. The fraction of sp³-hybridized carbons (Fsp3) is 0.0870. The number of para-hydroxylation sites is 2. The molecular formula is C23H21NO2. The molecule has 0 aliphatic rings. The Morgan fingerprint density at radius 2 is 1.50 bits per heavy atom. The molecule has 0 saturated carbocycles. The Morgan fingerprint density at radius 1 is 0.885 bits per heavy atom. The standard InChI is InChI=1S/C23H21NO2/c1-2-17-24(21-9-5-3-6-10-21)23(25)20-15-13-19(14-16-20)18-26-22-11-7-4-8-12-22/h2-16H,1,17-18H2. The van der Waals surface area contributed by atoms with Crippen LogP contribution in [0.2, 0.25) is 0 Å². The van der Waals surface area contributed by atoms with Crippen LogP contribution in [-0.4, -0.2) is 12.5 Å². The highest BCUT2D eigenvalue weighted by Crippen LogP contribution is 2.18. The topological polar surface area (TPSA) is 29.5 Å². The minimum Gasteiger partial charge on any atom is -0.489 e. The number of hydrogen-bond acceptors (Lipinski definition) is 2. The molecule has 0 fully saturated rings. The number of carbonyl (C=O) groups excluding carboxylic acids is 1. The number of anilines is 1. The van der Waals surface area contributed by atoms with Crippen LogP contribution >= 0.6 is 0 Å². The van der Waals surface area contributed by atoms with Gasteiger partial charge in [0.05, 0.1) is 0 Å². The normalized spacial score (nSPS) is 10.2. The zero-order valence-electron chi connectivity index (χ0n) is 14.5. The molecule has 1 amide bonds. The summed E-state index contributed by atoms with van der Waals surface area (Å²) in [5.41, 5.74) is 2.51. The summed E-state index contributed by atoms with van der Waals surface area (Å²) in [4.78, 5) is 14.6. The highest BCUT2D eigenvalue weighted by atomic mass is 16.5. The van der Waals surface area contributed by atoms with Gasteiger partial charge in [0.1, 0.15) is 12.4 Å². The first kappa shape index (κ1) is 17.5. The third-order valence-electron chi connectivity index (χ3n) is 3.97. The van der Waals surface area contributed by atoms with Crippen LogP contribution in [0.25, 0.3) is 0 Å². The second-order valence-electron chi connectivity index (χ2n) is 5.84. The Bertz CT molecular complexity index is 842. The lowest BCUT2D eigenvalue weighted by Crippen LogP contribution is -2.30. The van der Waals surface area contributed by atoms with Crippen LogP contribution < -0.4 is 9.64 Å². The number of nitrogens with zero attached hydrogens (tertiary/aromatic N) is 1. The summed E-state index contributed by atoms with van der Waals surface area (Å²) in [6.45, 7) is 4.68. The average molecular weight is 343 g/mol. The van der Waals surface area contributed by atoms with Gasteiger partial charge in [-0.2, -0.15) is 0 Å². The molecule has 0 heterocycles. The van der Waals surface area contributed by atoms with Crippen molar-refractivity contribution in [1.29, 1.82) is 0 Å². The van der Waals surface area contributed by atoms with E-state index in [0.29, 0.717) is 18.7 Å². The summed E-state index contributed by atoms with van der Waals surface area (Å²) in [7, 11) is 0. The zero-order chi connectivity index (χ0) is 18.2. The third-order valence-corrected chi connectivity index (χ3v) is 3.97. The maximum atomic E-state index is 12.9. The monoisotopic (exact) mass is 343 g/mol. The van der Waals surface area contributed by atoms with E-state index in [9.17, 15) is 4.79 Å². The molecule has 130 valence electrons. The van der Waals surface area contributed by atoms with Crippen molar-refractivity contribution in [3.05, 3.63) is 109 Å². The molecule has 3 nitrogen and oxygen atoms in total. The van der Waals surface area contributed by atoms with Crippen molar-refractivity contribution in [3.8, 4) is 5.75 Å². The van der Waals surface area contributed by atoms with E-state index in [4.69, 9.17) is 4.74 Å². The molecule has 0 saturated heterocycles. The van der Waals surface area contributed by atoms with Crippen molar-refractivity contribution in [1.82, 2.24) is 0 Å². The van der Waals surface area contributed by atoms with Crippen LogP contribution in [0.5, 0.6) is 5.75 Å². The van der Waals surface area contributed by atoms with Gasteiger partial charge in [0.25, 0.3) is 5.91 Å². The number of rotatable bonds is 7. The summed E-state index contributed by atoms with van der Waals surface area (Å²) in [6, 6.07) is 26.8. The molecule has 0 atom stereocenters. The number of carbonyl (C=O) groups is 1. The Morgan fingerprint density at radius 3 is 2.12 bits per heavy atom. The molecule has 26 heavy (non-hydrogen) atoms. The maximum absolute atomic E-state index is 12.9. The van der Waals surface area contributed by atoms with Crippen LogP contribution in [0.15, 0.2) is 97.6 Å². The molecular weight excluding hydrogens is 322 g/mol. The summed E-state index contributed by atoms with van der Waals surface area (Å²) in [5.74, 6) is 0.778. The van der Waals surface area contributed by atoms with Gasteiger partial charge in [-0.05, 0) is 42.0 Å². The minimum atomic E-state index is -0.0494. The SMILES string of the molecule is C=CCN(C(=O)c1ccc(COc2ccccc2)cc1)c1ccccc1. The van der Waals surface area contributed by atoms with E-state index in [-0.39, 0.29) is 5.91 Å². The molecule has 0 aliphatic heterocycles. The van der Waals surface area contributed by atoms with Crippen LogP contribution in [0.1, 0.15) is 15.9 Å². The predicted molar refractivity (Wildman–Crippen MR) is 106 cm³/mol. The second-order valence-corrected chi connectivity index (χ2v) is 5.84. The second kappa shape index (κ2) is 8.67. The van der Waals surface area contributed by atoms with Crippen LogP contribution in [0, 0.1) is 0 Å². The number of ether oxygens (including phenoxy) is 1. The quantitative estimate of drug-likeness (QED) is 0.559. The lowest BCUT2D eigenvalue weighted by atomic mass is 10.1. The Balaban J connectivity index is 1.70. The lowest BCUT2D eigenvalue weighted by Gasteiger charge is -2.21. The van der Waals surface area contributed by atoms with Crippen molar-refractivity contribution in [2.24, 2.45) is 0 Å². The largest absolute Gasteiger partial charge is 0.489 e. The Labute approximate surface area is 154 Å². The Kier molecular flexibility index (Phi) is 5.84. The van der Waals surface area contributed by atoms with Crippen LogP contribution in [-0.2, 0) is 6.61 Å². The van der Waals surface area contributed by atoms with Gasteiger partial charge >= 0.3 is 0 Å². The van der Waals surface area contributed by atoms with E-state index < -0.39 is 0 Å². The van der Waals surface area contributed by atoms with Gasteiger partial charge < -0.3 is 9.64 Å². The van der Waals surface area contributed by atoms with Crippen molar-refractivity contribution in [2.75, 3.05) is 11.4 Å². The first-order valence-electron chi connectivity index (χ1n) is 8.52. The first-order valence-corrected chi connectivity index (χ1v) is 8.52. The Hall–Kier alpha value is -3.33. The van der Waals surface area contributed by atoms with Gasteiger partial charge in [-0.15, -0.1) is 6.58 Å². The first-order chi connectivity index (χ1) is 12.8. The molecule has 0 aliphatic carbocycles. The zero-order valence-corrected chi connectivity index (χ0v) is 14.5. The van der Waals surface area contributed by atoms with Gasteiger partial charge in [-0.25, -0.2) is 0 Å². The molecule has 0 bridgehead atoms. The van der Waals surface area contributed by atoms with Gasteiger partial charge in [0, 0.05) is 17.8 Å². The van der Waals surface area contributed by atoms with E-state index in [2.05, 4.69) is 6.58 Å².